The molecule has 0 spiro atoms. The van der Waals surface area contributed by atoms with Gasteiger partial charge in [-0.15, -0.1) is 0 Å². The summed E-state index contributed by atoms with van der Waals surface area (Å²) in [4.78, 5) is 2.37. The zero-order chi connectivity index (χ0) is 13.0. The lowest BCUT2D eigenvalue weighted by atomic mass is 10.1. The molecule has 1 aromatic carbocycles. The van der Waals surface area contributed by atoms with Crippen molar-refractivity contribution in [1.82, 2.24) is 4.90 Å². The highest BCUT2D eigenvalue weighted by atomic mass is 16.5. The van der Waals surface area contributed by atoms with Gasteiger partial charge in [0.15, 0.2) is 0 Å². The molecule has 2 rings (SSSR count). The number of hydrogen-bond donors (Lipinski definition) is 1. The lowest BCUT2D eigenvalue weighted by Crippen LogP contribution is -2.26. The SMILES string of the molecule is Cc1ccc(OCCN2CCC(CO)C2)c(C)c1. The molecule has 3 heteroatoms. The minimum Gasteiger partial charge on any atom is -0.492 e. The average Bonchev–Trinajstić information content (AvgIpc) is 2.80. The molecular weight excluding hydrogens is 226 g/mol. The average molecular weight is 249 g/mol. The van der Waals surface area contributed by atoms with E-state index in [1.54, 1.807) is 0 Å². The fourth-order valence-electron chi connectivity index (χ4n) is 2.51. The maximum atomic E-state index is 9.09. The Hall–Kier alpha value is -1.06. The first-order valence-corrected chi connectivity index (χ1v) is 6.72. The van der Waals surface area contributed by atoms with Crippen LogP contribution in [0.15, 0.2) is 18.2 Å². The predicted molar refractivity (Wildman–Crippen MR) is 73.0 cm³/mol. The smallest absolute Gasteiger partial charge is 0.122 e. The molecule has 1 aliphatic rings. The van der Waals surface area contributed by atoms with Gasteiger partial charge in [0.05, 0.1) is 0 Å². The number of aliphatic hydroxyl groups excluding tert-OH is 1. The van der Waals surface area contributed by atoms with E-state index in [9.17, 15) is 0 Å². The summed E-state index contributed by atoms with van der Waals surface area (Å²) >= 11 is 0. The van der Waals surface area contributed by atoms with Crippen molar-refractivity contribution in [3.05, 3.63) is 29.3 Å². The zero-order valence-electron chi connectivity index (χ0n) is 11.4. The predicted octanol–water partition coefficient (Wildman–Crippen LogP) is 2.00. The molecular formula is C15H23NO2. The van der Waals surface area contributed by atoms with Crippen molar-refractivity contribution in [3.63, 3.8) is 0 Å². The molecule has 0 radical (unpaired) electrons. The lowest BCUT2D eigenvalue weighted by Gasteiger charge is -2.16. The molecule has 0 saturated carbocycles. The van der Waals surface area contributed by atoms with Crippen molar-refractivity contribution in [2.45, 2.75) is 20.3 Å². The van der Waals surface area contributed by atoms with Crippen LogP contribution in [0.25, 0.3) is 0 Å². The number of likely N-dealkylation sites (tertiary alicyclic amines) is 1. The summed E-state index contributed by atoms with van der Waals surface area (Å²) in [5, 5.41) is 9.09. The van der Waals surface area contributed by atoms with Crippen molar-refractivity contribution in [2.24, 2.45) is 5.92 Å². The second kappa shape index (κ2) is 6.21. The van der Waals surface area contributed by atoms with Crippen LogP contribution in [0.4, 0.5) is 0 Å². The van der Waals surface area contributed by atoms with Crippen LogP contribution in [0.1, 0.15) is 17.5 Å². The molecule has 0 aromatic heterocycles. The summed E-state index contributed by atoms with van der Waals surface area (Å²) in [5.74, 6) is 1.45. The van der Waals surface area contributed by atoms with Gasteiger partial charge in [0, 0.05) is 19.7 Å². The molecule has 3 nitrogen and oxygen atoms in total. The van der Waals surface area contributed by atoms with Gasteiger partial charge in [-0.1, -0.05) is 17.7 Å². The van der Waals surface area contributed by atoms with Crippen LogP contribution in [0.3, 0.4) is 0 Å². The fourth-order valence-corrected chi connectivity index (χ4v) is 2.51. The molecule has 1 heterocycles. The van der Waals surface area contributed by atoms with Crippen molar-refractivity contribution in [2.75, 3.05) is 32.8 Å². The second-order valence-electron chi connectivity index (χ2n) is 5.26. The van der Waals surface area contributed by atoms with Gasteiger partial charge in [-0.2, -0.15) is 0 Å². The van der Waals surface area contributed by atoms with Gasteiger partial charge in [0.25, 0.3) is 0 Å². The largest absolute Gasteiger partial charge is 0.492 e. The summed E-state index contributed by atoms with van der Waals surface area (Å²) in [7, 11) is 0. The Kier molecular flexibility index (Phi) is 4.61. The highest BCUT2D eigenvalue weighted by Gasteiger charge is 2.21. The standard InChI is InChI=1S/C15H23NO2/c1-12-3-4-15(13(2)9-12)18-8-7-16-6-5-14(10-16)11-17/h3-4,9,14,17H,5-8,10-11H2,1-2H3. The summed E-state index contributed by atoms with van der Waals surface area (Å²) < 4.78 is 5.82. The zero-order valence-corrected chi connectivity index (χ0v) is 11.4. The highest BCUT2D eigenvalue weighted by molar-refractivity contribution is 5.35. The van der Waals surface area contributed by atoms with Crippen molar-refractivity contribution < 1.29 is 9.84 Å². The Morgan fingerprint density at radius 3 is 2.89 bits per heavy atom. The van der Waals surface area contributed by atoms with Gasteiger partial charge in [0.1, 0.15) is 12.4 Å². The minimum absolute atomic E-state index is 0.314. The molecule has 1 aromatic rings. The number of ether oxygens (including phenoxy) is 1. The number of aryl methyl sites for hydroxylation is 2. The molecule has 18 heavy (non-hydrogen) atoms. The summed E-state index contributed by atoms with van der Waals surface area (Å²) in [6, 6.07) is 6.28. The first-order chi connectivity index (χ1) is 8.69. The molecule has 0 aliphatic carbocycles. The van der Waals surface area contributed by atoms with E-state index < -0.39 is 0 Å². The molecule has 1 aliphatic heterocycles. The number of aliphatic hydroxyl groups is 1. The molecule has 1 N–H and O–H groups in total. The Morgan fingerprint density at radius 1 is 1.39 bits per heavy atom. The molecule has 1 fully saturated rings. The molecule has 1 saturated heterocycles. The minimum atomic E-state index is 0.314. The summed E-state index contributed by atoms with van der Waals surface area (Å²) in [5.41, 5.74) is 2.47. The van der Waals surface area contributed by atoms with Crippen molar-refractivity contribution in [1.29, 1.82) is 0 Å². The topological polar surface area (TPSA) is 32.7 Å². The van der Waals surface area contributed by atoms with Gasteiger partial charge in [-0.05, 0) is 44.4 Å². The quantitative estimate of drug-likeness (QED) is 0.866. The third-order valence-electron chi connectivity index (χ3n) is 3.62. The molecule has 0 bridgehead atoms. The third kappa shape index (κ3) is 3.47. The van der Waals surface area contributed by atoms with Crippen LogP contribution < -0.4 is 4.74 Å². The normalized spacial score (nSPS) is 20.3. The van der Waals surface area contributed by atoms with Gasteiger partial charge < -0.3 is 9.84 Å². The molecule has 0 amide bonds. The maximum absolute atomic E-state index is 9.09. The Labute approximate surface area is 109 Å². The number of benzene rings is 1. The first kappa shape index (κ1) is 13.4. The van der Waals surface area contributed by atoms with Crippen molar-refractivity contribution in [3.8, 4) is 5.75 Å². The van der Waals surface area contributed by atoms with E-state index in [1.165, 1.54) is 11.1 Å². The number of hydrogen-bond acceptors (Lipinski definition) is 3. The van der Waals surface area contributed by atoms with Gasteiger partial charge in [0.2, 0.25) is 0 Å². The van der Waals surface area contributed by atoms with E-state index >= 15 is 0 Å². The van der Waals surface area contributed by atoms with E-state index in [1.807, 2.05) is 6.07 Å². The Morgan fingerprint density at radius 2 is 2.22 bits per heavy atom. The van der Waals surface area contributed by atoms with Crippen LogP contribution in [0.5, 0.6) is 5.75 Å². The van der Waals surface area contributed by atoms with Gasteiger partial charge in [-0.3, -0.25) is 4.90 Å². The number of rotatable bonds is 5. The third-order valence-corrected chi connectivity index (χ3v) is 3.62. The van der Waals surface area contributed by atoms with Crippen LogP contribution in [-0.2, 0) is 0 Å². The van der Waals surface area contributed by atoms with Gasteiger partial charge >= 0.3 is 0 Å². The summed E-state index contributed by atoms with van der Waals surface area (Å²) in [6.07, 6.45) is 1.11. The van der Waals surface area contributed by atoms with Crippen LogP contribution in [0.2, 0.25) is 0 Å². The molecule has 100 valence electrons. The Bertz CT molecular complexity index is 392. The van der Waals surface area contributed by atoms with Crippen molar-refractivity contribution >= 4 is 0 Å². The van der Waals surface area contributed by atoms with E-state index in [0.29, 0.717) is 12.5 Å². The fraction of sp³-hybridized carbons (Fsp3) is 0.600. The summed E-state index contributed by atoms with van der Waals surface area (Å²) in [6.45, 7) is 8.25. The molecule has 1 atom stereocenters. The second-order valence-corrected chi connectivity index (χ2v) is 5.26. The number of nitrogens with zero attached hydrogens (tertiary/aromatic N) is 1. The highest BCUT2D eigenvalue weighted by Crippen LogP contribution is 2.19. The monoisotopic (exact) mass is 249 g/mol. The van der Waals surface area contributed by atoms with Gasteiger partial charge in [-0.25, -0.2) is 0 Å². The maximum Gasteiger partial charge on any atom is 0.122 e. The van der Waals surface area contributed by atoms with E-state index in [2.05, 4.69) is 30.9 Å². The van der Waals surface area contributed by atoms with Crippen LogP contribution in [0, 0.1) is 19.8 Å². The first-order valence-electron chi connectivity index (χ1n) is 6.72. The van der Waals surface area contributed by atoms with E-state index in [4.69, 9.17) is 9.84 Å². The van der Waals surface area contributed by atoms with E-state index in [-0.39, 0.29) is 0 Å². The molecule has 1 unspecified atom stereocenters. The van der Waals surface area contributed by atoms with Crippen LogP contribution in [-0.4, -0.2) is 42.9 Å². The lowest BCUT2D eigenvalue weighted by molar-refractivity contribution is 0.204. The Balaban J connectivity index is 1.75. The van der Waals surface area contributed by atoms with E-state index in [0.717, 1.165) is 38.4 Å². The van der Waals surface area contributed by atoms with Crippen LogP contribution >= 0.6 is 0 Å².